The number of hydrogen-bond acceptors (Lipinski definition) is 1. The van der Waals surface area contributed by atoms with E-state index in [0.29, 0.717) is 0 Å². The average Bonchev–Trinajstić information content (AvgIpc) is 2.33. The lowest BCUT2D eigenvalue weighted by atomic mass is 10.0. The fraction of sp³-hybridized carbons (Fsp3) is 0.286. The first-order valence-corrected chi connectivity index (χ1v) is 6.39. The standard InChI is InChI=1S/C14H15BrO/c15-14-12(6-3-4-10-16)9-8-11-5-1-2-7-13(11)14/h1-2,5,7-9,16H,3-4,6,10H2. The van der Waals surface area contributed by atoms with Crippen LogP contribution in [0.4, 0.5) is 0 Å². The van der Waals surface area contributed by atoms with Gasteiger partial charge in [0.1, 0.15) is 0 Å². The lowest BCUT2D eigenvalue weighted by Gasteiger charge is -2.07. The van der Waals surface area contributed by atoms with Crippen molar-refractivity contribution < 1.29 is 5.11 Å². The molecule has 0 amide bonds. The summed E-state index contributed by atoms with van der Waals surface area (Å²) in [5, 5.41) is 11.3. The molecular weight excluding hydrogens is 264 g/mol. The van der Waals surface area contributed by atoms with Gasteiger partial charge in [-0.3, -0.25) is 0 Å². The topological polar surface area (TPSA) is 20.2 Å². The minimum atomic E-state index is 0.283. The van der Waals surface area contributed by atoms with Crippen LogP contribution in [0.3, 0.4) is 0 Å². The lowest BCUT2D eigenvalue weighted by Crippen LogP contribution is -1.90. The molecule has 0 spiro atoms. The van der Waals surface area contributed by atoms with Crippen LogP contribution in [0.2, 0.25) is 0 Å². The van der Waals surface area contributed by atoms with Crippen LogP contribution in [0.5, 0.6) is 0 Å². The maximum absolute atomic E-state index is 8.77. The molecule has 2 aromatic rings. The van der Waals surface area contributed by atoms with Crippen LogP contribution >= 0.6 is 15.9 Å². The second kappa shape index (κ2) is 5.46. The van der Waals surface area contributed by atoms with Crippen molar-refractivity contribution in [2.75, 3.05) is 6.61 Å². The summed E-state index contributed by atoms with van der Waals surface area (Å²) in [5.74, 6) is 0. The molecular formula is C14H15BrO. The molecule has 16 heavy (non-hydrogen) atoms. The van der Waals surface area contributed by atoms with Crippen molar-refractivity contribution in [3.63, 3.8) is 0 Å². The van der Waals surface area contributed by atoms with Crippen molar-refractivity contribution in [3.05, 3.63) is 46.4 Å². The molecule has 0 bridgehead atoms. The van der Waals surface area contributed by atoms with E-state index in [9.17, 15) is 0 Å². The Hall–Kier alpha value is -0.860. The fourth-order valence-electron chi connectivity index (χ4n) is 1.90. The SMILES string of the molecule is OCCCCc1ccc2ccccc2c1Br. The van der Waals surface area contributed by atoms with Gasteiger partial charge in [-0.1, -0.05) is 36.4 Å². The molecule has 0 fully saturated rings. The molecule has 0 saturated carbocycles. The van der Waals surface area contributed by atoms with Gasteiger partial charge in [0.2, 0.25) is 0 Å². The lowest BCUT2D eigenvalue weighted by molar-refractivity contribution is 0.284. The Morgan fingerprint density at radius 3 is 2.62 bits per heavy atom. The monoisotopic (exact) mass is 278 g/mol. The number of hydrogen-bond donors (Lipinski definition) is 1. The van der Waals surface area contributed by atoms with E-state index in [2.05, 4.69) is 52.3 Å². The third kappa shape index (κ3) is 2.45. The van der Waals surface area contributed by atoms with Crippen molar-refractivity contribution in [2.24, 2.45) is 0 Å². The van der Waals surface area contributed by atoms with E-state index in [1.54, 1.807) is 0 Å². The molecule has 0 aliphatic carbocycles. The van der Waals surface area contributed by atoms with Gasteiger partial charge >= 0.3 is 0 Å². The predicted molar refractivity (Wildman–Crippen MR) is 71.7 cm³/mol. The molecule has 2 heteroatoms. The molecule has 0 unspecified atom stereocenters. The van der Waals surface area contributed by atoms with Gasteiger partial charge in [-0.05, 0) is 51.5 Å². The van der Waals surface area contributed by atoms with Gasteiger partial charge in [-0.25, -0.2) is 0 Å². The Balaban J connectivity index is 2.29. The average molecular weight is 279 g/mol. The van der Waals surface area contributed by atoms with Gasteiger partial charge in [0.05, 0.1) is 0 Å². The smallest absolute Gasteiger partial charge is 0.0431 e. The Kier molecular flexibility index (Phi) is 3.97. The minimum absolute atomic E-state index is 0.283. The van der Waals surface area contributed by atoms with Gasteiger partial charge in [0, 0.05) is 11.1 Å². The molecule has 0 aliphatic heterocycles. The van der Waals surface area contributed by atoms with E-state index in [1.807, 2.05) is 0 Å². The summed E-state index contributed by atoms with van der Waals surface area (Å²) in [4.78, 5) is 0. The molecule has 0 radical (unpaired) electrons. The molecule has 0 aromatic heterocycles. The van der Waals surface area contributed by atoms with Crippen LogP contribution in [0.25, 0.3) is 10.8 Å². The van der Waals surface area contributed by atoms with E-state index >= 15 is 0 Å². The zero-order valence-corrected chi connectivity index (χ0v) is 10.7. The first-order valence-electron chi connectivity index (χ1n) is 5.60. The maximum atomic E-state index is 8.77. The number of aryl methyl sites for hydroxylation is 1. The van der Waals surface area contributed by atoms with Gasteiger partial charge in [0.25, 0.3) is 0 Å². The van der Waals surface area contributed by atoms with Crippen molar-refractivity contribution >= 4 is 26.7 Å². The molecule has 2 aromatic carbocycles. The Bertz CT molecular complexity index is 479. The summed E-state index contributed by atoms with van der Waals surface area (Å²) in [5.41, 5.74) is 1.33. The summed E-state index contributed by atoms with van der Waals surface area (Å²) in [6.45, 7) is 0.283. The first-order chi connectivity index (χ1) is 7.83. The predicted octanol–water partition coefficient (Wildman–Crippen LogP) is 3.92. The number of unbranched alkanes of at least 4 members (excludes halogenated alkanes) is 1. The number of fused-ring (bicyclic) bond motifs is 1. The van der Waals surface area contributed by atoms with Gasteiger partial charge in [-0.2, -0.15) is 0 Å². The highest BCUT2D eigenvalue weighted by atomic mass is 79.9. The van der Waals surface area contributed by atoms with Crippen LogP contribution in [-0.4, -0.2) is 11.7 Å². The third-order valence-electron chi connectivity index (χ3n) is 2.80. The zero-order valence-electron chi connectivity index (χ0n) is 9.12. The van der Waals surface area contributed by atoms with Gasteiger partial charge in [-0.15, -0.1) is 0 Å². The molecule has 2 rings (SSSR count). The quantitative estimate of drug-likeness (QED) is 0.841. The normalized spacial score (nSPS) is 10.9. The van der Waals surface area contributed by atoms with E-state index in [0.717, 1.165) is 19.3 Å². The van der Waals surface area contributed by atoms with Gasteiger partial charge in [0.15, 0.2) is 0 Å². The van der Waals surface area contributed by atoms with Crippen LogP contribution < -0.4 is 0 Å². The second-order valence-corrected chi connectivity index (χ2v) is 4.73. The number of rotatable bonds is 4. The number of aliphatic hydroxyl groups excluding tert-OH is 1. The highest BCUT2D eigenvalue weighted by Gasteiger charge is 2.04. The highest BCUT2D eigenvalue weighted by molar-refractivity contribution is 9.10. The maximum Gasteiger partial charge on any atom is 0.0431 e. The van der Waals surface area contributed by atoms with Crippen LogP contribution in [-0.2, 0) is 6.42 Å². The second-order valence-electron chi connectivity index (χ2n) is 3.94. The largest absolute Gasteiger partial charge is 0.396 e. The summed E-state index contributed by atoms with van der Waals surface area (Å²) in [7, 11) is 0. The molecule has 0 saturated heterocycles. The van der Waals surface area contributed by atoms with E-state index in [1.165, 1.54) is 20.8 Å². The Morgan fingerprint density at radius 1 is 1.00 bits per heavy atom. The van der Waals surface area contributed by atoms with Crippen molar-refractivity contribution in [1.29, 1.82) is 0 Å². The van der Waals surface area contributed by atoms with E-state index in [-0.39, 0.29) is 6.61 Å². The zero-order chi connectivity index (χ0) is 11.4. The molecule has 1 nitrogen and oxygen atoms in total. The highest BCUT2D eigenvalue weighted by Crippen LogP contribution is 2.28. The van der Waals surface area contributed by atoms with Crippen molar-refractivity contribution in [1.82, 2.24) is 0 Å². The van der Waals surface area contributed by atoms with Crippen molar-refractivity contribution in [3.8, 4) is 0 Å². The number of benzene rings is 2. The summed E-state index contributed by atoms with van der Waals surface area (Å²) in [6.07, 6.45) is 2.93. The summed E-state index contributed by atoms with van der Waals surface area (Å²) >= 11 is 3.67. The minimum Gasteiger partial charge on any atom is -0.396 e. The van der Waals surface area contributed by atoms with Crippen LogP contribution in [0, 0.1) is 0 Å². The van der Waals surface area contributed by atoms with Crippen molar-refractivity contribution in [2.45, 2.75) is 19.3 Å². The molecule has 0 atom stereocenters. The Labute approximate surface area is 104 Å². The molecule has 0 aliphatic rings. The van der Waals surface area contributed by atoms with Crippen LogP contribution in [0.1, 0.15) is 18.4 Å². The third-order valence-corrected chi connectivity index (χ3v) is 3.73. The molecule has 84 valence electrons. The van der Waals surface area contributed by atoms with Crippen LogP contribution in [0.15, 0.2) is 40.9 Å². The molecule has 1 N–H and O–H groups in total. The molecule has 0 heterocycles. The fourth-order valence-corrected chi connectivity index (χ4v) is 2.59. The first kappa shape index (κ1) is 11.6. The van der Waals surface area contributed by atoms with E-state index < -0.39 is 0 Å². The summed E-state index contributed by atoms with van der Waals surface area (Å²) in [6, 6.07) is 12.7. The number of halogens is 1. The Morgan fingerprint density at radius 2 is 1.81 bits per heavy atom. The number of aliphatic hydroxyl groups is 1. The van der Waals surface area contributed by atoms with Gasteiger partial charge < -0.3 is 5.11 Å². The summed E-state index contributed by atoms with van der Waals surface area (Å²) < 4.78 is 1.20. The van der Waals surface area contributed by atoms with E-state index in [4.69, 9.17) is 5.11 Å².